The molecule has 1 aliphatic heterocycles. The van der Waals surface area contributed by atoms with Crippen molar-refractivity contribution in [3.8, 4) is 5.75 Å². The molecule has 0 aromatic heterocycles. The smallest absolute Gasteiger partial charge is 0.191 e. The van der Waals surface area contributed by atoms with Gasteiger partial charge in [0, 0.05) is 39.8 Å². The zero-order valence-electron chi connectivity index (χ0n) is 18.2. The third kappa shape index (κ3) is 7.93. The zero-order valence-corrected chi connectivity index (χ0v) is 20.5. The second-order valence-corrected chi connectivity index (χ2v) is 7.13. The second-order valence-electron chi connectivity index (χ2n) is 7.13. The number of nitrogens with one attached hydrogen (secondary N) is 2. The minimum Gasteiger partial charge on any atom is -0.491 e. The molecular formula is C23H32FIN4O2. The van der Waals surface area contributed by atoms with Crippen molar-refractivity contribution in [2.45, 2.75) is 26.6 Å². The number of benzene rings is 2. The number of hydrogen-bond acceptors (Lipinski definition) is 4. The van der Waals surface area contributed by atoms with Crippen molar-refractivity contribution in [1.29, 1.82) is 0 Å². The maximum absolute atomic E-state index is 14.0. The molecule has 0 atom stereocenters. The Bertz CT molecular complexity index is 844. The Labute approximate surface area is 201 Å². The Kier molecular flexibility index (Phi) is 11.0. The van der Waals surface area contributed by atoms with Crippen LogP contribution in [0.4, 0.5) is 4.39 Å². The molecule has 0 bridgehead atoms. The molecule has 2 aromatic carbocycles. The Morgan fingerprint density at radius 1 is 1.10 bits per heavy atom. The molecule has 0 radical (unpaired) electrons. The maximum Gasteiger partial charge on any atom is 0.191 e. The highest BCUT2D eigenvalue weighted by atomic mass is 127. The summed E-state index contributed by atoms with van der Waals surface area (Å²) in [4.78, 5) is 6.69. The first kappa shape index (κ1) is 25.4. The predicted octanol–water partition coefficient (Wildman–Crippen LogP) is 3.54. The fraction of sp³-hybridized carbons (Fsp3) is 0.435. The lowest BCUT2D eigenvalue weighted by Crippen LogP contribution is -2.37. The molecular weight excluding hydrogens is 510 g/mol. The lowest BCUT2D eigenvalue weighted by Gasteiger charge is -2.27. The van der Waals surface area contributed by atoms with Gasteiger partial charge in [-0.25, -0.2) is 4.39 Å². The summed E-state index contributed by atoms with van der Waals surface area (Å²) in [7, 11) is 1.73. The van der Waals surface area contributed by atoms with Crippen molar-refractivity contribution >= 4 is 29.9 Å². The summed E-state index contributed by atoms with van der Waals surface area (Å²) < 4.78 is 24.7. The highest BCUT2D eigenvalue weighted by Gasteiger charge is 2.13. The van der Waals surface area contributed by atoms with Gasteiger partial charge >= 0.3 is 0 Å². The van der Waals surface area contributed by atoms with Crippen LogP contribution in [0.3, 0.4) is 0 Å². The topological polar surface area (TPSA) is 58.1 Å². The average molecular weight is 542 g/mol. The summed E-state index contributed by atoms with van der Waals surface area (Å²) in [5.74, 6) is 0.599. The third-order valence-corrected chi connectivity index (χ3v) is 5.04. The van der Waals surface area contributed by atoms with Gasteiger partial charge in [-0.1, -0.05) is 30.3 Å². The molecule has 3 rings (SSSR count). The first-order chi connectivity index (χ1) is 14.7. The number of halogens is 2. The van der Waals surface area contributed by atoms with Crippen molar-refractivity contribution < 1.29 is 13.9 Å². The predicted molar refractivity (Wildman–Crippen MR) is 133 cm³/mol. The normalized spacial score (nSPS) is 14.6. The van der Waals surface area contributed by atoms with Crippen molar-refractivity contribution in [2.24, 2.45) is 4.99 Å². The number of guanidine groups is 1. The van der Waals surface area contributed by atoms with Crippen LogP contribution < -0.4 is 15.4 Å². The average Bonchev–Trinajstić information content (AvgIpc) is 2.77. The molecule has 6 nitrogen and oxygen atoms in total. The second kappa shape index (κ2) is 13.5. The SMILES string of the molecule is CCOc1ccc(CNC(=NC)NCc2ccccc2CN2CCOCC2)cc1F.I. The Morgan fingerprint density at radius 3 is 2.48 bits per heavy atom. The fourth-order valence-electron chi connectivity index (χ4n) is 3.40. The quantitative estimate of drug-likeness (QED) is 0.304. The van der Waals surface area contributed by atoms with Crippen molar-refractivity contribution in [2.75, 3.05) is 40.0 Å². The monoisotopic (exact) mass is 542 g/mol. The maximum atomic E-state index is 14.0. The van der Waals surface area contributed by atoms with E-state index in [-0.39, 0.29) is 35.5 Å². The van der Waals surface area contributed by atoms with Crippen LogP contribution in [0.5, 0.6) is 5.75 Å². The van der Waals surface area contributed by atoms with Gasteiger partial charge in [-0.2, -0.15) is 0 Å². The molecule has 1 heterocycles. The van der Waals surface area contributed by atoms with E-state index >= 15 is 0 Å². The lowest BCUT2D eigenvalue weighted by atomic mass is 10.1. The van der Waals surface area contributed by atoms with Crippen LogP contribution in [0.25, 0.3) is 0 Å². The molecule has 2 aromatic rings. The first-order valence-electron chi connectivity index (χ1n) is 10.4. The Morgan fingerprint density at radius 2 is 1.81 bits per heavy atom. The molecule has 0 saturated carbocycles. The van der Waals surface area contributed by atoms with Gasteiger partial charge in [-0.15, -0.1) is 24.0 Å². The van der Waals surface area contributed by atoms with Gasteiger partial charge in [0.1, 0.15) is 0 Å². The molecule has 1 fully saturated rings. The van der Waals surface area contributed by atoms with E-state index in [0.717, 1.165) is 38.4 Å². The van der Waals surface area contributed by atoms with Crippen LogP contribution in [0, 0.1) is 5.82 Å². The van der Waals surface area contributed by atoms with Crippen LogP contribution in [-0.4, -0.2) is 50.8 Å². The number of rotatable bonds is 8. The van der Waals surface area contributed by atoms with E-state index in [1.54, 1.807) is 13.1 Å². The van der Waals surface area contributed by atoms with Crippen LogP contribution in [-0.2, 0) is 24.4 Å². The van der Waals surface area contributed by atoms with Gasteiger partial charge in [0.05, 0.1) is 19.8 Å². The van der Waals surface area contributed by atoms with Gasteiger partial charge in [0.25, 0.3) is 0 Å². The van der Waals surface area contributed by atoms with Gasteiger partial charge in [0.15, 0.2) is 17.5 Å². The summed E-state index contributed by atoms with van der Waals surface area (Å²) in [6.07, 6.45) is 0. The van der Waals surface area contributed by atoms with Crippen LogP contribution in [0.1, 0.15) is 23.6 Å². The number of nitrogens with zero attached hydrogens (tertiary/aromatic N) is 2. The highest BCUT2D eigenvalue weighted by molar-refractivity contribution is 14.0. The standard InChI is InChI=1S/C23H31FN4O2.HI/c1-3-30-22-9-8-18(14-21(22)24)15-26-23(25-2)27-16-19-6-4-5-7-20(19)17-28-10-12-29-13-11-28;/h4-9,14H,3,10-13,15-17H2,1-2H3,(H2,25,26,27);1H. The molecule has 0 unspecified atom stereocenters. The zero-order chi connectivity index (χ0) is 21.2. The van der Waals surface area contributed by atoms with E-state index in [2.05, 4.69) is 44.8 Å². The van der Waals surface area contributed by atoms with Gasteiger partial charge < -0.3 is 20.1 Å². The lowest BCUT2D eigenvalue weighted by molar-refractivity contribution is 0.0341. The Hall–Kier alpha value is -1.91. The minimum absolute atomic E-state index is 0. The number of ether oxygens (including phenoxy) is 2. The molecule has 2 N–H and O–H groups in total. The van der Waals surface area contributed by atoms with E-state index in [9.17, 15) is 4.39 Å². The summed E-state index contributed by atoms with van der Waals surface area (Å²) in [6, 6.07) is 13.4. The minimum atomic E-state index is -0.351. The molecule has 1 aliphatic rings. The summed E-state index contributed by atoms with van der Waals surface area (Å²) in [5.41, 5.74) is 3.36. The number of morpholine rings is 1. The van der Waals surface area contributed by atoms with Crippen LogP contribution in [0.2, 0.25) is 0 Å². The fourth-order valence-corrected chi connectivity index (χ4v) is 3.40. The van der Waals surface area contributed by atoms with E-state index in [4.69, 9.17) is 9.47 Å². The molecule has 0 amide bonds. The largest absolute Gasteiger partial charge is 0.491 e. The van der Waals surface area contributed by atoms with Crippen LogP contribution >= 0.6 is 24.0 Å². The summed E-state index contributed by atoms with van der Waals surface area (Å²) in [5, 5.41) is 6.60. The third-order valence-electron chi connectivity index (χ3n) is 5.04. The molecule has 8 heteroatoms. The van der Waals surface area contributed by atoms with Gasteiger partial charge in [0.2, 0.25) is 0 Å². The molecule has 31 heavy (non-hydrogen) atoms. The number of aliphatic imine (C=N–C) groups is 1. The molecule has 0 aliphatic carbocycles. The van der Waals surface area contributed by atoms with Crippen LogP contribution in [0.15, 0.2) is 47.5 Å². The first-order valence-corrected chi connectivity index (χ1v) is 10.4. The van der Waals surface area contributed by atoms with E-state index in [1.165, 1.54) is 17.2 Å². The van der Waals surface area contributed by atoms with E-state index in [0.29, 0.717) is 25.7 Å². The number of hydrogen-bond donors (Lipinski definition) is 2. The molecule has 170 valence electrons. The van der Waals surface area contributed by atoms with E-state index in [1.807, 2.05) is 13.0 Å². The Balaban J connectivity index is 0.00000341. The summed E-state index contributed by atoms with van der Waals surface area (Å²) in [6.45, 7) is 7.84. The van der Waals surface area contributed by atoms with E-state index < -0.39 is 0 Å². The van der Waals surface area contributed by atoms with Crippen molar-refractivity contribution in [3.05, 3.63) is 65.0 Å². The van der Waals surface area contributed by atoms with Gasteiger partial charge in [-0.05, 0) is 35.7 Å². The molecule has 1 saturated heterocycles. The molecule has 0 spiro atoms. The van der Waals surface area contributed by atoms with Gasteiger partial charge in [-0.3, -0.25) is 9.89 Å². The highest BCUT2D eigenvalue weighted by Crippen LogP contribution is 2.18. The summed E-state index contributed by atoms with van der Waals surface area (Å²) >= 11 is 0. The van der Waals surface area contributed by atoms with Crippen molar-refractivity contribution in [3.63, 3.8) is 0 Å². The van der Waals surface area contributed by atoms with Crippen molar-refractivity contribution in [1.82, 2.24) is 15.5 Å².